The number of hydrogen-bond acceptors (Lipinski definition) is 5. The van der Waals surface area contributed by atoms with Crippen molar-refractivity contribution in [2.45, 2.75) is 0 Å². The molecule has 0 atom stereocenters. The molecular formula is C12H14NO5P. The number of imide groups is 1. The van der Waals surface area contributed by atoms with Gasteiger partial charge in [0.1, 0.15) is 0 Å². The van der Waals surface area contributed by atoms with Crippen molar-refractivity contribution in [1.82, 2.24) is 4.90 Å². The van der Waals surface area contributed by atoms with Crippen molar-refractivity contribution < 1.29 is 23.2 Å². The molecule has 1 aliphatic rings. The molecule has 102 valence electrons. The average molecular weight is 283 g/mol. The summed E-state index contributed by atoms with van der Waals surface area (Å²) in [5, 5.41) is 0. The van der Waals surface area contributed by atoms with Crippen LogP contribution in [0, 0.1) is 0 Å². The van der Waals surface area contributed by atoms with E-state index in [-0.39, 0.29) is 24.5 Å². The summed E-state index contributed by atoms with van der Waals surface area (Å²) in [4.78, 5) is 25.1. The van der Waals surface area contributed by atoms with Crippen molar-refractivity contribution in [3.63, 3.8) is 0 Å². The molecule has 2 rings (SSSR count). The van der Waals surface area contributed by atoms with E-state index < -0.39 is 7.60 Å². The Morgan fingerprint density at radius 3 is 1.95 bits per heavy atom. The Labute approximate surface area is 110 Å². The van der Waals surface area contributed by atoms with Gasteiger partial charge in [-0.1, -0.05) is 12.1 Å². The lowest BCUT2D eigenvalue weighted by Gasteiger charge is -2.18. The van der Waals surface area contributed by atoms with Crippen LogP contribution in [0.15, 0.2) is 24.3 Å². The first kappa shape index (κ1) is 13.9. The van der Waals surface area contributed by atoms with Crippen LogP contribution in [0.3, 0.4) is 0 Å². The Hall–Kier alpha value is -1.49. The number of benzene rings is 1. The van der Waals surface area contributed by atoms with Crippen molar-refractivity contribution >= 4 is 19.4 Å². The molecule has 7 heteroatoms. The number of nitrogens with zero attached hydrogens (tertiary/aromatic N) is 1. The maximum atomic E-state index is 12.0. The maximum Gasteiger partial charge on any atom is 0.331 e. The number of fused-ring (bicyclic) bond motifs is 1. The second-order valence-electron chi connectivity index (χ2n) is 4.01. The van der Waals surface area contributed by atoms with Gasteiger partial charge < -0.3 is 9.05 Å². The van der Waals surface area contributed by atoms with Gasteiger partial charge in [0.15, 0.2) is 0 Å². The third-order valence-corrected chi connectivity index (χ3v) is 4.89. The largest absolute Gasteiger partial charge is 0.331 e. The molecule has 0 saturated heterocycles. The van der Waals surface area contributed by atoms with Gasteiger partial charge in [0, 0.05) is 20.8 Å². The number of hydrogen-bond donors (Lipinski definition) is 0. The lowest BCUT2D eigenvalue weighted by Crippen LogP contribution is -2.32. The first-order valence-corrected chi connectivity index (χ1v) is 7.41. The van der Waals surface area contributed by atoms with E-state index in [2.05, 4.69) is 0 Å². The quantitative estimate of drug-likeness (QED) is 0.608. The van der Waals surface area contributed by atoms with Crippen molar-refractivity contribution in [1.29, 1.82) is 0 Å². The minimum atomic E-state index is -3.23. The molecule has 1 aromatic carbocycles. The van der Waals surface area contributed by atoms with Crippen LogP contribution in [-0.2, 0) is 13.6 Å². The Bertz CT molecular complexity index is 528. The van der Waals surface area contributed by atoms with E-state index in [0.29, 0.717) is 11.1 Å². The standard InChI is InChI=1S/C12H14NO5P/c1-17-19(16,18-2)8-7-13-11(14)9-5-3-4-6-10(9)12(13)15/h3-6H,7-8H2,1-2H3. The van der Waals surface area contributed by atoms with E-state index in [0.717, 1.165) is 4.90 Å². The van der Waals surface area contributed by atoms with Gasteiger partial charge in [-0.25, -0.2) is 0 Å². The topological polar surface area (TPSA) is 72.9 Å². The second kappa shape index (κ2) is 5.25. The molecule has 0 saturated carbocycles. The molecule has 0 radical (unpaired) electrons. The molecular weight excluding hydrogens is 269 g/mol. The van der Waals surface area contributed by atoms with Gasteiger partial charge in [0.25, 0.3) is 11.8 Å². The highest BCUT2D eigenvalue weighted by Gasteiger charge is 2.36. The molecule has 19 heavy (non-hydrogen) atoms. The molecule has 0 bridgehead atoms. The van der Waals surface area contributed by atoms with E-state index in [9.17, 15) is 14.2 Å². The van der Waals surface area contributed by atoms with Gasteiger partial charge in [-0.05, 0) is 12.1 Å². The van der Waals surface area contributed by atoms with E-state index in [1.165, 1.54) is 14.2 Å². The molecule has 0 N–H and O–H groups in total. The highest BCUT2D eigenvalue weighted by atomic mass is 31.2. The fourth-order valence-corrected chi connectivity index (χ4v) is 2.88. The van der Waals surface area contributed by atoms with E-state index in [1.807, 2.05) is 0 Å². The molecule has 0 aromatic heterocycles. The summed E-state index contributed by atoms with van der Waals surface area (Å²) in [5.74, 6) is -0.751. The van der Waals surface area contributed by atoms with Gasteiger partial charge in [-0.2, -0.15) is 0 Å². The van der Waals surface area contributed by atoms with Crippen LogP contribution < -0.4 is 0 Å². The molecule has 0 spiro atoms. The average Bonchev–Trinajstić information content (AvgIpc) is 2.69. The van der Waals surface area contributed by atoms with Gasteiger partial charge in [-0.3, -0.25) is 19.1 Å². The van der Waals surface area contributed by atoms with Gasteiger partial charge >= 0.3 is 7.60 Å². The van der Waals surface area contributed by atoms with Crippen LogP contribution >= 0.6 is 7.60 Å². The maximum absolute atomic E-state index is 12.0. The normalized spacial score (nSPS) is 14.9. The zero-order valence-corrected chi connectivity index (χ0v) is 11.6. The molecule has 1 aromatic rings. The third-order valence-electron chi connectivity index (χ3n) is 3.03. The first-order valence-electron chi connectivity index (χ1n) is 5.68. The fourth-order valence-electron chi connectivity index (χ4n) is 1.92. The SMILES string of the molecule is COP(=O)(CCN1C(=O)c2ccccc2C1=O)OC. The summed E-state index contributed by atoms with van der Waals surface area (Å²) in [6.45, 7) is 0.00526. The van der Waals surface area contributed by atoms with Gasteiger partial charge in [0.05, 0.1) is 17.3 Å². The molecule has 2 amide bonds. The number of carbonyl (C=O) groups is 2. The summed E-state index contributed by atoms with van der Waals surface area (Å²) in [6, 6.07) is 6.59. The lowest BCUT2D eigenvalue weighted by atomic mass is 10.1. The summed E-state index contributed by atoms with van der Waals surface area (Å²) in [7, 11) is -0.687. The summed E-state index contributed by atoms with van der Waals surface area (Å²) in [5.41, 5.74) is 0.745. The van der Waals surface area contributed by atoms with Crippen molar-refractivity contribution in [3.8, 4) is 0 Å². The van der Waals surface area contributed by atoms with Crippen LogP contribution in [-0.4, -0.2) is 43.6 Å². The molecule has 0 fully saturated rings. The van der Waals surface area contributed by atoms with E-state index in [1.54, 1.807) is 24.3 Å². The van der Waals surface area contributed by atoms with E-state index in [4.69, 9.17) is 9.05 Å². The first-order chi connectivity index (χ1) is 9.02. The number of amides is 2. The predicted octanol–water partition coefficient (Wildman–Crippen LogP) is 1.77. The Kier molecular flexibility index (Phi) is 3.85. The summed E-state index contributed by atoms with van der Waals surface area (Å²) >= 11 is 0. The Morgan fingerprint density at radius 1 is 1.05 bits per heavy atom. The third kappa shape index (κ3) is 2.47. The molecule has 6 nitrogen and oxygen atoms in total. The summed E-state index contributed by atoms with van der Waals surface area (Å²) in [6.07, 6.45) is -0.0224. The number of carbonyl (C=O) groups excluding carboxylic acids is 2. The smallest absolute Gasteiger partial charge is 0.312 e. The van der Waals surface area contributed by atoms with E-state index >= 15 is 0 Å². The molecule has 1 heterocycles. The Morgan fingerprint density at radius 2 is 1.53 bits per heavy atom. The van der Waals surface area contributed by atoms with Gasteiger partial charge in [-0.15, -0.1) is 0 Å². The minimum absolute atomic E-state index is 0.00526. The summed E-state index contributed by atoms with van der Waals surface area (Å²) < 4.78 is 21.5. The van der Waals surface area contributed by atoms with Crippen LogP contribution in [0.4, 0.5) is 0 Å². The van der Waals surface area contributed by atoms with Crippen molar-refractivity contribution in [2.24, 2.45) is 0 Å². The minimum Gasteiger partial charge on any atom is -0.312 e. The van der Waals surface area contributed by atoms with Crippen LogP contribution in [0.2, 0.25) is 0 Å². The molecule has 0 unspecified atom stereocenters. The zero-order chi connectivity index (χ0) is 14.0. The van der Waals surface area contributed by atoms with Crippen molar-refractivity contribution in [3.05, 3.63) is 35.4 Å². The van der Waals surface area contributed by atoms with Crippen LogP contribution in [0.5, 0.6) is 0 Å². The van der Waals surface area contributed by atoms with Gasteiger partial charge in [0.2, 0.25) is 0 Å². The predicted molar refractivity (Wildman–Crippen MR) is 68.3 cm³/mol. The lowest BCUT2D eigenvalue weighted by molar-refractivity contribution is 0.0662. The second-order valence-corrected chi connectivity index (χ2v) is 6.41. The molecule has 0 aliphatic carbocycles. The highest BCUT2D eigenvalue weighted by molar-refractivity contribution is 7.53. The van der Waals surface area contributed by atoms with Crippen LogP contribution in [0.1, 0.15) is 20.7 Å². The molecule has 1 aliphatic heterocycles. The zero-order valence-electron chi connectivity index (χ0n) is 10.7. The Balaban J connectivity index is 2.15. The van der Waals surface area contributed by atoms with Crippen molar-refractivity contribution in [2.75, 3.05) is 26.9 Å². The fraction of sp³-hybridized carbons (Fsp3) is 0.333. The van der Waals surface area contributed by atoms with Crippen LogP contribution in [0.25, 0.3) is 0 Å². The number of rotatable bonds is 5. The monoisotopic (exact) mass is 283 g/mol. The highest BCUT2D eigenvalue weighted by Crippen LogP contribution is 2.46.